The van der Waals surface area contributed by atoms with Crippen molar-refractivity contribution in [1.82, 2.24) is 4.90 Å². The molecule has 1 heterocycles. The summed E-state index contributed by atoms with van der Waals surface area (Å²) in [7, 11) is 0. The van der Waals surface area contributed by atoms with E-state index in [4.69, 9.17) is 21.1 Å². The minimum absolute atomic E-state index is 0.343. The molecule has 7 nitrogen and oxygen atoms in total. The molecule has 2 rings (SSSR count). The van der Waals surface area contributed by atoms with Crippen molar-refractivity contribution in [3.63, 3.8) is 0 Å². The van der Waals surface area contributed by atoms with E-state index in [1.54, 1.807) is 29.2 Å². The molecule has 1 aromatic carbocycles. The average molecular weight is 411 g/mol. The maximum Gasteiger partial charge on any atom is 0.410 e. The summed E-state index contributed by atoms with van der Waals surface area (Å²) < 4.78 is 10.7. The monoisotopic (exact) mass is 410 g/mol. The van der Waals surface area contributed by atoms with Crippen LogP contribution in [-0.4, -0.2) is 47.7 Å². The topological polar surface area (TPSA) is 84.9 Å². The van der Waals surface area contributed by atoms with Crippen LogP contribution >= 0.6 is 11.6 Å². The summed E-state index contributed by atoms with van der Waals surface area (Å²) in [5, 5.41) is 3.24. The molecule has 1 atom stereocenters. The van der Waals surface area contributed by atoms with Gasteiger partial charge in [0.25, 0.3) is 5.91 Å². The Morgan fingerprint density at radius 3 is 2.25 bits per heavy atom. The van der Waals surface area contributed by atoms with Gasteiger partial charge in [-0.3, -0.25) is 9.59 Å². The third-order valence-corrected chi connectivity index (χ3v) is 4.51. The molecule has 1 aliphatic rings. The lowest BCUT2D eigenvalue weighted by Crippen LogP contribution is -2.43. The van der Waals surface area contributed by atoms with E-state index in [2.05, 4.69) is 5.32 Å². The first-order valence-electron chi connectivity index (χ1n) is 9.30. The standard InChI is InChI=1S/C20H27ClN2O5/c1-13(17(24)22-16-7-5-15(21)6-8-16)27-18(25)14-9-11-23(12-10-14)19(26)28-20(2,3)4/h5-8,13-14H,9-12H2,1-4H3,(H,22,24). The zero-order chi connectivity index (χ0) is 20.9. The number of esters is 1. The number of amides is 2. The number of nitrogens with zero attached hydrogens (tertiary/aromatic N) is 1. The number of rotatable bonds is 4. The summed E-state index contributed by atoms with van der Waals surface area (Å²) in [6.07, 6.45) is -0.352. The number of carbonyl (C=O) groups is 3. The summed E-state index contributed by atoms with van der Waals surface area (Å²) in [6, 6.07) is 6.65. The van der Waals surface area contributed by atoms with Gasteiger partial charge < -0.3 is 19.7 Å². The van der Waals surface area contributed by atoms with E-state index in [1.807, 2.05) is 20.8 Å². The van der Waals surface area contributed by atoms with Crippen LogP contribution in [0.25, 0.3) is 0 Å². The van der Waals surface area contributed by atoms with Gasteiger partial charge in [-0.1, -0.05) is 11.6 Å². The Hall–Kier alpha value is -2.28. The van der Waals surface area contributed by atoms with Crippen LogP contribution in [-0.2, 0) is 19.1 Å². The number of likely N-dealkylation sites (tertiary alicyclic amines) is 1. The van der Waals surface area contributed by atoms with Crippen LogP contribution in [0, 0.1) is 5.92 Å². The molecule has 8 heteroatoms. The van der Waals surface area contributed by atoms with E-state index < -0.39 is 23.6 Å². The number of ether oxygens (including phenoxy) is 2. The second-order valence-corrected chi connectivity index (χ2v) is 8.25. The predicted molar refractivity (Wildman–Crippen MR) is 106 cm³/mol. The lowest BCUT2D eigenvalue weighted by Gasteiger charge is -2.32. The first-order valence-corrected chi connectivity index (χ1v) is 9.68. The molecule has 2 amide bonds. The largest absolute Gasteiger partial charge is 0.452 e. The summed E-state index contributed by atoms with van der Waals surface area (Å²) in [6.45, 7) is 7.79. The van der Waals surface area contributed by atoms with Gasteiger partial charge in [0.2, 0.25) is 0 Å². The quantitative estimate of drug-likeness (QED) is 0.762. The van der Waals surface area contributed by atoms with Crippen LogP contribution < -0.4 is 5.32 Å². The molecule has 1 unspecified atom stereocenters. The highest BCUT2D eigenvalue weighted by Gasteiger charge is 2.32. The van der Waals surface area contributed by atoms with Gasteiger partial charge in [0.15, 0.2) is 6.10 Å². The minimum atomic E-state index is -0.924. The maximum absolute atomic E-state index is 12.4. The van der Waals surface area contributed by atoms with E-state index in [9.17, 15) is 14.4 Å². The van der Waals surface area contributed by atoms with Crippen molar-refractivity contribution in [2.75, 3.05) is 18.4 Å². The molecule has 1 fully saturated rings. The Kier molecular flexibility index (Phi) is 7.29. The number of nitrogens with one attached hydrogen (secondary N) is 1. The van der Waals surface area contributed by atoms with Crippen LogP contribution in [0.1, 0.15) is 40.5 Å². The summed E-state index contributed by atoms with van der Waals surface area (Å²) in [5.41, 5.74) is 0.0164. The van der Waals surface area contributed by atoms with Crippen molar-refractivity contribution >= 4 is 35.3 Å². The Balaban J connectivity index is 1.79. The lowest BCUT2D eigenvalue weighted by atomic mass is 9.97. The molecular weight excluding hydrogens is 384 g/mol. The van der Waals surface area contributed by atoms with Gasteiger partial charge >= 0.3 is 12.1 Å². The van der Waals surface area contributed by atoms with Crippen molar-refractivity contribution < 1.29 is 23.9 Å². The Labute approximate surface area is 170 Å². The highest BCUT2D eigenvalue weighted by molar-refractivity contribution is 6.30. The van der Waals surface area contributed by atoms with E-state index in [1.165, 1.54) is 6.92 Å². The van der Waals surface area contributed by atoms with E-state index in [0.29, 0.717) is 36.6 Å². The van der Waals surface area contributed by atoms with Crippen molar-refractivity contribution in [2.45, 2.75) is 52.2 Å². The Bertz CT molecular complexity index is 706. The van der Waals surface area contributed by atoms with Gasteiger partial charge in [0.05, 0.1) is 5.92 Å². The summed E-state index contributed by atoms with van der Waals surface area (Å²) >= 11 is 5.81. The summed E-state index contributed by atoms with van der Waals surface area (Å²) in [5.74, 6) is -1.19. The van der Waals surface area contributed by atoms with Crippen LogP contribution in [0.2, 0.25) is 5.02 Å². The number of anilines is 1. The molecule has 1 aliphatic heterocycles. The van der Waals surface area contributed by atoms with Gasteiger partial charge in [0.1, 0.15) is 5.60 Å². The molecule has 1 aromatic rings. The smallest absolute Gasteiger partial charge is 0.410 e. The maximum atomic E-state index is 12.4. The van der Waals surface area contributed by atoms with Crippen LogP contribution in [0.3, 0.4) is 0 Å². The molecule has 0 saturated carbocycles. The molecule has 154 valence electrons. The first-order chi connectivity index (χ1) is 13.0. The SMILES string of the molecule is CC(OC(=O)C1CCN(C(=O)OC(C)(C)C)CC1)C(=O)Nc1ccc(Cl)cc1. The molecular formula is C20H27ClN2O5. The van der Waals surface area contributed by atoms with Crippen molar-refractivity contribution in [3.8, 4) is 0 Å². The van der Waals surface area contributed by atoms with Gasteiger partial charge in [-0.15, -0.1) is 0 Å². The van der Waals surface area contributed by atoms with Gasteiger partial charge in [-0.25, -0.2) is 4.79 Å². The normalized spacial score (nSPS) is 16.2. The van der Waals surface area contributed by atoms with E-state index >= 15 is 0 Å². The van der Waals surface area contributed by atoms with Crippen molar-refractivity contribution in [2.24, 2.45) is 5.92 Å². The number of carbonyl (C=O) groups excluding carboxylic acids is 3. The van der Waals surface area contributed by atoms with Crippen LogP contribution in [0.5, 0.6) is 0 Å². The number of hydrogen-bond acceptors (Lipinski definition) is 5. The number of piperidine rings is 1. The molecule has 28 heavy (non-hydrogen) atoms. The summed E-state index contributed by atoms with van der Waals surface area (Å²) in [4.78, 5) is 38.2. The number of halogens is 1. The molecule has 1 N–H and O–H groups in total. The number of hydrogen-bond donors (Lipinski definition) is 1. The Morgan fingerprint density at radius 2 is 1.71 bits per heavy atom. The Morgan fingerprint density at radius 1 is 1.14 bits per heavy atom. The highest BCUT2D eigenvalue weighted by atomic mass is 35.5. The fraction of sp³-hybridized carbons (Fsp3) is 0.550. The zero-order valence-corrected chi connectivity index (χ0v) is 17.4. The molecule has 0 aliphatic carbocycles. The second-order valence-electron chi connectivity index (χ2n) is 7.82. The fourth-order valence-electron chi connectivity index (χ4n) is 2.73. The van der Waals surface area contributed by atoms with Crippen molar-refractivity contribution in [3.05, 3.63) is 29.3 Å². The highest BCUT2D eigenvalue weighted by Crippen LogP contribution is 2.21. The van der Waals surface area contributed by atoms with E-state index in [-0.39, 0.29) is 12.0 Å². The average Bonchev–Trinajstić information content (AvgIpc) is 2.62. The second kappa shape index (κ2) is 9.28. The third kappa shape index (κ3) is 6.71. The van der Waals surface area contributed by atoms with Gasteiger partial charge in [-0.05, 0) is 64.8 Å². The molecule has 0 radical (unpaired) electrons. The van der Waals surface area contributed by atoms with Gasteiger partial charge in [-0.2, -0.15) is 0 Å². The molecule has 0 spiro atoms. The van der Waals surface area contributed by atoms with Crippen LogP contribution in [0.4, 0.5) is 10.5 Å². The lowest BCUT2D eigenvalue weighted by molar-refractivity contribution is -0.158. The minimum Gasteiger partial charge on any atom is -0.452 e. The van der Waals surface area contributed by atoms with Crippen LogP contribution in [0.15, 0.2) is 24.3 Å². The first kappa shape index (κ1) is 22.0. The predicted octanol–water partition coefficient (Wildman–Crippen LogP) is 3.86. The van der Waals surface area contributed by atoms with Gasteiger partial charge in [0, 0.05) is 23.8 Å². The fourth-order valence-corrected chi connectivity index (χ4v) is 2.85. The molecule has 0 bridgehead atoms. The number of benzene rings is 1. The van der Waals surface area contributed by atoms with E-state index in [0.717, 1.165) is 0 Å². The third-order valence-electron chi connectivity index (χ3n) is 4.25. The molecule has 0 aromatic heterocycles. The molecule has 1 saturated heterocycles. The zero-order valence-electron chi connectivity index (χ0n) is 16.7. The van der Waals surface area contributed by atoms with Crippen molar-refractivity contribution in [1.29, 1.82) is 0 Å².